The van der Waals surface area contributed by atoms with Gasteiger partial charge in [-0.1, -0.05) is 67.1 Å². The number of nitriles is 2. The first kappa shape index (κ1) is 18.4. The first-order valence-electron chi connectivity index (χ1n) is 8.67. The molecular formula is C20H16Cl2N2O2Si. The van der Waals surface area contributed by atoms with E-state index in [4.69, 9.17) is 23.2 Å². The molecule has 0 radical (unpaired) electrons. The fourth-order valence-electron chi connectivity index (χ4n) is 5.76. The molecule has 3 aliphatic rings. The van der Waals surface area contributed by atoms with E-state index < -0.39 is 52.4 Å². The molecule has 0 aliphatic heterocycles. The van der Waals surface area contributed by atoms with Crippen LogP contribution in [0.4, 0.5) is 0 Å². The Morgan fingerprint density at radius 2 is 1.26 bits per heavy atom. The van der Waals surface area contributed by atoms with Gasteiger partial charge in [0.2, 0.25) is 0 Å². The van der Waals surface area contributed by atoms with Crippen LogP contribution < -0.4 is 0 Å². The summed E-state index contributed by atoms with van der Waals surface area (Å²) < 4.78 is 0. The normalized spacial score (nSPS) is 36.9. The predicted octanol–water partition coefficient (Wildman–Crippen LogP) is 4.45. The Morgan fingerprint density at radius 1 is 0.889 bits per heavy atom. The fraction of sp³-hybridized carbons (Fsp3) is 0.400. The number of carbonyl (C=O) groups excluding carboxylic acids is 2. The molecule has 1 saturated carbocycles. The van der Waals surface area contributed by atoms with Gasteiger partial charge in [-0.25, -0.2) is 0 Å². The van der Waals surface area contributed by atoms with Crippen molar-refractivity contribution in [2.45, 2.75) is 37.0 Å². The molecule has 4 nitrogen and oxygen atoms in total. The van der Waals surface area contributed by atoms with E-state index in [0.29, 0.717) is 0 Å². The second-order valence-electron chi connectivity index (χ2n) is 8.60. The summed E-state index contributed by atoms with van der Waals surface area (Å²) in [5.74, 6) is -2.46. The molecule has 0 heterocycles. The van der Waals surface area contributed by atoms with E-state index >= 15 is 0 Å². The van der Waals surface area contributed by atoms with Crippen LogP contribution in [0, 0.1) is 33.5 Å². The lowest BCUT2D eigenvalue weighted by Gasteiger charge is -2.45. The van der Waals surface area contributed by atoms with Crippen LogP contribution >= 0.6 is 23.2 Å². The summed E-state index contributed by atoms with van der Waals surface area (Å²) in [6, 6.07) is 11.8. The molecular weight excluding hydrogens is 399 g/mol. The van der Waals surface area contributed by atoms with Crippen molar-refractivity contribution in [2.24, 2.45) is 10.8 Å². The van der Waals surface area contributed by atoms with E-state index in [1.165, 1.54) is 0 Å². The number of fused-ring (bicyclic) bond motifs is 8. The molecule has 7 heteroatoms. The Labute approximate surface area is 168 Å². The lowest BCUT2D eigenvalue weighted by Crippen LogP contribution is -2.56. The van der Waals surface area contributed by atoms with Crippen molar-refractivity contribution in [1.29, 1.82) is 10.5 Å². The molecule has 0 amide bonds. The maximum absolute atomic E-state index is 13.4. The van der Waals surface area contributed by atoms with Crippen LogP contribution in [-0.2, 0) is 9.59 Å². The van der Waals surface area contributed by atoms with Gasteiger partial charge in [-0.15, -0.1) is 0 Å². The van der Waals surface area contributed by atoms with Crippen LogP contribution in [0.1, 0.15) is 23.0 Å². The Balaban J connectivity index is 2.20. The summed E-state index contributed by atoms with van der Waals surface area (Å²) >= 11 is 12.2. The van der Waals surface area contributed by atoms with Crippen LogP contribution in [0.25, 0.3) is 0 Å². The van der Waals surface area contributed by atoms with Gasteiger partial charge in [-0.3, -0.25) is 9.59 Å². The van der Waals surface area contributed by atoms with Gasteiger partial charge < -0.3 is 0 Å². The Morgan fingerprint density at radius 3 is 1.56 bits per heavy atom. The maximum Gasteiger partial charge on any atom is 0.198 e. The lowest BCUT2D eigenvalue weighted by atomic mass is 9.50. The van der Waals surface area contributed by atoms with E-state index in [9.17, 15) is 20.1 Å². The molecule has 1 aromatic rings. The standard InChI is InChI=1S/C20H16Cl2N2O2Si/c1-27(2,3)16-12-10-6-4-5-7-11(10)13(16)20(9-24)18(26)15(22)14(21)17(25)19(12,20)8-23/h4-7,12-13,16H,1-3H3. The minimum Gasteiger partial charge on any atom is -0.291 e. The Kier molecular flexibility index (Phi) is 3.64. The maximum atomic E-state index is 13.4. The van der Waals surface area contributed by atoms with E-state index in [1.54, 1.807) is 0 Å². The van der Waals surface area contributed by atoms with E-state index in [0.717, 1.165) is 11.1 Å². The second kappa shape index (κ2) is 5.32. The SMILES string of the molecule is C[Si](C)(C)C1C2c3ccccc3C1C1(C#N)C(=O)C(Cl)=C(Cl)C(=O)C21C#N. The molecule has 1 fully saturated rings. The highest BCUT2D eigenvalue weighted by molar-refractivity contribution is 6.78. The largest absolute Gasteiger partial charge is 0.291 e. The van der Waals surface area contributed by atoms with E-state index in [-0.39, 0.29) is 5.54 Å². The predicted molar refractivity (Wildman–Crippen MR) is 104 cm³/mol. The zero-order valence-corrected chi connectivity index (χ0v) is 17.5. The summed E-state index contributed by atoms with van der Waals surface area (Å²) in [6.07, 6.45) is 0. The summed E-state index contributed by atoms with van der Waals surface area (Å²) in [5, 5.41) is 19.7. The van der Waals surface area contributed by atoms with Gasteiger partial charge >= 0.3 is 0 Å². The number of benzene rings is 1. The molecule has 4 unspecified atom stereocenters. The van der Waals surface area contributed by atoms with E-state index in [2.05, 4.69) is 31.8 Å². The number of carbonyl (C=O) groups is 2. The van der Waals surface area contributed by atoms with E-state index in [1.807, 2.05) is 24.3 Å². The summed E-state index contributed by atoms with van der Waals surface area (Å²) in [5.41, 5.74) is -2.03. The number of nitrogens with zero attached hydrogens (tertiary/aromatic N) is 2. The smallest absolute Gasteiger partial charge is 0.198 e. The van der Waals surface area contributed by atoms with Gasteiger partial charge in [-0.2, -0.15) is 10.5 Å². The minimum atomic E-state index is -2.02. The Bertz CT molecular complexity index is 970. The number of allylic oxidation sites excluding steroid dienone is 2. The molecule has 0 saturated heterocycles. The van der Waals surface area contributed by atoms with Gasteiger partial charge in [0, 0.05) is 19.9 Å². The molecule has 4 rings (SSSR count). The molecule has 0 aromatic heterocycles. The molecule has 136 valence electrons. The van der Waals surface area contributed by atoms with Crippen LogP contribution in [0.15, 0.2) is 34.3 Å². The molecule has 3 aliphatic carbocycles. The first-order chi connectivity index (χ1) is 12.6. The van der Waals surface area contributed by atoms with Gasteiger partial charge in [0.15, 0.2) is 22.4 Å². The quantitative estimate of drug-likeness (QED) is 0.635. The number of Topliss-reactive ketones (excluding diaryl/α,β-unsaturated/α-hetero) is 2. The molecule has 0 spiro atoms. The average Bonchev–Trinajstić information content (AvgIpc) is 3.13. The van der Waals surface area contributed by atoms with Crippen molar-refractivity contribution in [3.63, 3.8) is 0 Å². The van der Waals surface area contributed by atoms with Gasteiger partial charge in [0.05, 0.1) is 12.1 Å². The van der Waals surface area contributed by atoms with Crippen molar-refractivity contribution in [1.82, 2.24) is 0 Å². The number of rotatable bonds is 1. The molecule has 2 bridgehead atoms. The zero-order valence-electron chi connectivity index (χ0n) is 15.0. The third kappa shape index (κ3) is 1.74. The van der Waals surface area contributed by atoms with Crippen molar-refractivity contribution in [2.75, 3.05) is 0 Å². The molecule has 27 heavy (non-hydrogen) atoms. The third-order valence-electron chi connectivity index (χ3n) is 6.60. The summed E-state index contributed by atoms with van der Waals surface area (Å²) in [6.45, 7) is 6.42. The van der Waals surface area contributed by atoms with Gasteiger partial charge in [0.25, 0.3) is 0 Å². The van der Waals surface area contributed by atoms with Gasteiger partial charge in [-0.05, 0) is 16.7 Å². The Hall–Kier alpha value is -1.92. The highest BCUT2D eigenvalue weighted by Crippen LogP contribution is 2.80. The molecule has 0 N–H and O–H groups in total. The zero-order chi connectivity index (χ0) is 19.9. The summed E-state index contributed by atoms with van der Waals surface area (Å²) in [7, 11) is -2.02. The average molecular weight is 415 g/mol. The minimum absolute atomic E-state index is 0.117. The third-order valence-corrected chi connectivity index (χ3v) is 10.1. The topological polar surface area (TPSA) is 81.7 Å². The number of halogens is 2. The lowest BCUT2D eigenvalue weighted by molar-refractivity contribution is -0.137. The second-order valence-corrected chi connectivity index (χ2v) is 14.8. The van der Waals surface area contributed by atoms with Crippen LogP contribution in [0.2, 0.25) is 25.2 Å². The van der Waals surface area contributed by atoms with Crippen LogP contribution in [0.5, 0.6) is 0 Å². The van der Waals surface area contributed by atoms with Crippen LogP contribution in [0.3, 0.4) is 0 Å². The number of ketones is 2. The monoisotopic (exact) mass is 414 g/mol. The first-order valence-corrected chi connectivity index (χ1v) is 13.0. The molecule has 1 aromatic carbocycles. The number of hydrogen-bond donors (Lipinski definition) is 0. The fourth-order valence-corrected chi connectivity index (χ4v) is 9.08. The van der Waals surface area contributed by atoms with Crippen LogP contribution in [-0.4, -0.2) is 19.6 Å². The highest BCUT2D eigenvalue weighted by atomic mass is 35.5. The van der Waals surface area contributed by atoms with Gasteiger partial charge in [0.1, 0.15) is 10.1 Å². The number of hydrogen-bond acceptors (Lipinski definition) is 4. The van der Waals surface area contributed by atoms with Crippen molar-refractivity contribution in [3.05, 3.63) is 45.5 Å². The highest BCUT2D eigenvalue weighted by Gasteiger charge is 2.83. The van der Waals surface area contributed by atoms with Crippen molar-refractivity contribution >= 4 is 42.8 Å². The summed E-state index contributed by atoms with van der Waals surface area (Å²) in [4.78, 5) is 26.7. The van der Waals surface area contributed by atoms with Crippen molar-refractivity contribution in [3.8, 4) is 12.1 Å². The van der Waals surface area contributed by atoms with Crippen molar-refractivity contribution < 1.29 is 9.59 Å². The molecule has 4 atom stereocenters.